The van der Waals surface area contributed by atoms with Crippen LogP contribution in [0.2, 0.25) is 0 Å². The number of unbranched alkanes of at least 4 members (excludes halogenated alkanes) is 2. The SMILES string of the molecule is O=C1c2ccccc2C(=O)N1CCCCOCCOCCOCCOCCOCCCCOCCOc1ccc(Br)cn1. The van der Waals surface area contributed by atoms with Gasteiger partial charge in [-0.1, -0.05) is 12.1 Å². The summed E-state index contributed by atoms with van der Waals surface area (Å²) < 4.78 is 39.6. The number of aromatic nitrogens is 1. The molecule has 1 aromatic heterocycles. The first kappa shape index (κ1) is 35.0. The molecule has 0 fully saturated rings. The molecule has 1 aliphatic heterocycles. The topological polar surface area (TPSA) is 115 Å². The molecule has 0 unspecified atom stereocenters. The summed E-state index contributed by atoms with van der Waals surface area (Å²) in [7, 11) is 0. The van der Waals surface area contributed by atoms with Gasteiger partial charge in [-0.3, -0.25) is 14.5 Å². The first-order valence-corrected chi connectivity index (χ1v) is 15.6. The van der Waals surface area contributed by atoms with Crippen LogP contribution in [0.5, 0.6) is 5.88 Å². The first-order valence-electron chi connectivity index (χ1n) is 14.8. The number of benzene rings is 1. The molecule has 0 bridgehead atoms. The molecule has 0 N–H and O–H groups in total. The number of carbonyl (C=O) groups is 2. The van der Waals surface area contributed by atoms with Gasteiger partial charge in [-0.2, -0.15) is 0 Å². The van der Waals surface area contributed by atoms with E-state index < -0.39 is 0 Å². The second-order valence-electron chi connectivity index (χ2n) is 9.56. The fourth-order valence-corrected chi connectivity index (χ4v) is 4.30. The number of carbonyl (C=O) groups excluding carboxylic acids is 2. The number of pyridine rings is 1. The van der Waals surface area contributed by atoms with Crippen molar-refractivity contribution < 1.29 is 42.7 Å². The Balaban J connectivity index is 0.966. The van der Waals surface area contributed by atoms with Crippen molar-refractivity contribution in [3.8, 4) is 5.88 Å². The lowest BCUT2D eigenvalue weighted by Crippen LogP contribution is -2.30. The Bertz CT molecular complexity index is 1020. The van der Waals surface area contributed by atoms with E-state index in [0.717, 1.165) is 23.7 Å². The molecule has 1 aromatic carbocycles. The second kappa shape index (κ2) is 22.1. The molecule has 0 saturated carbocycles. The molecular weight excluding hydrogens is 624 g/mol. The quantitative estimate of drug-likeness (QED) is 0.107. The number of imide groups is 1. The van der Waals surface area contributed by atoms with Crippen LogP contribution in [0.4, 0.5) is 0 Å². The molecule has 2 aromatic rings. The monoisotopic (exact) mass is 666 g/mol. The van der Waals surface area contributed by atoms with Gasteiger partial charge in [-0.25, -0.2) is 4.98 Å². The van der Waals surface area contributed by atoms with E-state index in [2.05, 4.69) is 20.9 Å². The van der Waals surface area contributed by atoms with Crippen molar-refractivity contribution in [2.75, 3.05) is 92.4 Å². The number of ether oxygens (including phenoxy) is 7. The molecule has 11 nitrogen and oxygen atoms in total. The van der Waals surface area contributed by atoms with Gasteiger partial charge in [0.1, 0.15) is 6.61 Å². The number of nitrogens with zero attached hydrogens (tertiary/aromatic N) is 2. The lowest BCUT2D eigenvalue weighted by atomic mass is 10.1. The summed E-state index contributed by atoms with van der Waals surface area (Å²) in [5.41, 5.74) is 0.975. The minimum Gasteiger partial charge on any atom is -0.475 e. The largest absolute Gasteiger partial charge is 0.475 e. The number of fused-ring (bicyclic) bond motifs is 1. The third-order valence-corrected chi connectivity index (χ3v) is 6.76. The van der Waals surface area contributed by atoms with E-state index in [0.29, 0.717) is 116 Å². The fraction of sp³-hybridized carbons (Fsp3) is 0.581. The Labute approximate surface area is 262 Å². The minimum atomic E-state index is -0.212. The van der Waals surface area contributed by atoms with Crippen LogP contribution < -0.4 is 4.74 Å². The van der Waals surface area contributed by atoms with E-state index in [1.807, 2.05) is 12.1 Å². The van der Waals surface area contributed by atoms with Crippen molar-refractivity contribution in [3.05, 3.63) is 58.2 Å². The summed E-state index contributed by atoms with van der Waals surface area (Å²) >= 11 is 3.34. The standard InChI is InChI=1S/C31H43BrN2O9/c32-26-9-10-29(33-25-26)43-24-23-39-14-6-5-13-38-16-18-41-20-22-42-21-19-40-17-15-37-12-4-3-11-34-30(35)27-7-1-2-8-28(27)31(34)36/h1-2,7-10,25H,3-6,11-24H2. The molecule has 238 valence electrons. The molecule has 43 heavy (non-hydrogen) atoms. The number of halogens is 1. The van der Waals surface area contributed by atoms with Crippen LogP contribution in [0.3, 0.4) is 0 Å². The first-order chi connectivity index (χ1) is 21.2. The van der Waals surface area contributed by atoms with Gasteiger partial charge in [-0.15, -0.1) is 0 Å². The Hall–Kier alpha value is -2.45. The van der Waals surface area contributed by atoms with Crippen molar-refractivity contribution in [1.82, 2.24) is 9.88 Å². The molecule has 1 aliphatic rings. The van der Waals surface area contributed by atoms with E-state index in [1.54, 1.807) is 30.5 Å². The zero-order valence-corrected chi connectivity index (χ0v) is 26.3. The number of hydrogen-bond acceptors (Lipinski definition) is 10. The smallest absolute Gasteiger partial charge is 0.261 e. The summed E-state index contributed by atoms with van der Waals surface area (Å²) in [4.78, 5) is 30.1. The van der Waals surface area contributed by atoms with E-state index in [-0.39, 0.29) is 11.8 Å². The van der Waals surface area contributed by atoms with E-state index in [9.17, 15) is 9.59 Å². The molecule has 0 spiro atoms. The van der Waals surface area contributed by atoms with Crippen molar-refractivity contribution in [3.63, 3.8) is 0 Å². The predicted octanol–water partition coefficient (Wildman–Crippen LogP) is 4.18. The maximum Gasteiger partial charge on any atom is 0.261 e. The average Bonchev–Trinajstić information content (AvgIpc) is 3.26. The lowest BCUT2D eigenvalue weighted by molar-refractivity contribution is -0.0117. The van der Waals surface area contributed by atoms with Crippen molar-refractivity contribution in [1.29, 1.82) is 0 Å². The minimum absolute atomic E-state index is 0.212. The van der Waals surface area contributed by atoms with Gasteiger partial charge >= 0.3 is 0 Å². The van der Waals surface area contributed by atoms with Gasteiger partial charge in [0, 0.05) is 43.1 Å². The van der Waals surface area contributed by atoms with Crippen LogP contribution in [0, 0.1) is 0 Å². The predicted molar refractivity (Wildman–Crippen MR) is 163 cm³/mol. The number of amides is 2. The summed E-state index contributed by atoms with van der Waals surface area (Å²) in [5.74, 6) is 0.167. The third-order valence-electron chi connectivity index (χ3n) is 6.29. The van der Waals surface area contributed by atoms with Crippen molar-refractivity contribution in [2.45, 2.75) is 25.7 Å². The normalized spacial score (nSPS) is 12.7. The van der Waals surface area contributed by atoms with Gasteiger partial charge < -0.3 is 33.2 Å². The van der Waals surface area contributed by atoms with Crippen LogP contribution in [0.25, 0.3) is 0 Å². The fourth-order valence-electron chi connectivity index (χ4n) is 4.06. The molecule has 3 rings (SSSR count). The average molecular weight is 668 g/mol. The van der Waals surface area contributed by atoms with Crippen LogP contribution in [-0.4, -0.2) is 114 Å². The summed E-state index contributed by atoms with van der Waals surface area (Å²) in [6.07, 6.45) is 5.03. The Morgan fingerprint density at radius 1 is 0.558 bits per heavy atom. The highest BCUT2D eigenvalue weighted by Gasteiger charge is 2.34. The van der Waals surface area contributed by atoms with Crippen LogP contribution in [-0.2, 0) is 28.4 Å². The zero-order valence-electron chi connectivity index (χ0n) is 24.7. The van der Waals surface area contributed by atoms with Crippen molar-refractivity contribution in [2.24, 2.45) is 0 Å². The molecular formula is C31H43BrN2O9. The van der Waals surface area contributed by atoms with Crippen molar-refractivity contribution >= 4 is 27.7 Å². The maximum absolute atomic E-state index is 12.3. The molecule has 2 amide bonds. The third kappa shape index (κ3) is 14.3. The van der Waals surface area contributed by atoms with E-state index in [1.165, 1.54) is 4.90 Å². The Morgan fingerprint density at radius 3 is 1.47 bits per heavy atom. The van der Waals surface area contributed by atoms with E-state index in [4.69, 9.17) is 33.2 Å². The number of rotatable bonds is 26. The molecule has 0 radical (unpaired) electrons. The highest BCUT2D eigenvalue weighted by atomic mass is 79.9. The lowest BCUT2D eigenvalue weighted by Gasteiger charge is -2.13. The molecule has 0 saturated heterocycles. The number of hydrogen-bond donors (Lipinski definition) is 0. The summed E-state index contributed by atoms with van der Waals surface area (Å²) in [5, 5.41) is 0. The summed E-state index contributed by atoms with van der Waals surface area (Å²) in [6, 6.07) is 10.6. The second-order valence-corrected chi connectivity index (χ2v) is 10.5. The Kier molecular flexibility index (Phi) is 18.0. The molecule has 2 heterocycles. The maximum atomic E-state index is 12.3. The molecule has 12 heteroatoms. The summed E-state index contributed by atoms with van der Waals surface area (Å²) in [6.45, 7) is 7.39. The van der Waals surface area contributed by atoms with Gasteiger partial charge in [-0.05, 0) is 59.8 Å². The highest BCUT2D eigenvalue weighted by Crippen LogP contribution is 2.22. The zero-order chi connectivity index (χ0) is 30.4. The molecule has 0 aliphatic carbocycles. The van der Waals surface area contributed by atoms with Crippen LogP contribution >= 0.6 is 15.9 Å². The van der Waals surface area contributed by atoms with Gasteiger partial charge in [0.25, 0.3) is 11.8 Å². The van der Waals surface area contributed by atoms with Crippen LogP contribution in [0.15, 0.2) is 47.1 Å². The van der Waals surface area contributed by atoms with Gasteiger partial charge in [0.05, 0.1) is 70.6 Å². The molecule has 0 atom stereocenters. The van der Waals surface area contributed by atoms with Crippen LogP contribution in [0.1, 0.15) is 46.4 Å². The van der Waals surface area contributed by atoms with Gasteiger partial charge in [0.2, 0.25) is 5.88 Å². The van der Waals surface area contributed by atoms with E-state index >= 15 is 0 Å². The Morgan fingerprint density at radius 2 is 1.00 bits per heavy atom. The van der Waals surface area contributed by atoms with Gasteiger partial charge in [0.15, 0.2) is 0 Å². The highest BCUT2D eigenvalue weighted by molar-refractivity contribution is 9.10.